The molecule has 0 fully saturated rings. The Kier molecular flexibility index (Phi) is 6.20. The van der Waals surface area contributed by atoms with Crippen molar-refractivity contribution in [3.05, 3.63) is 0 Å². The molecule has 0 aliphatic rings. The van der Waals surface area contributed by atoms with Crippen molar-refractivity contribution in [2.24, 2.45) is 0 Å². The van der Waals surface area contributed by atoms with E-state index in [0.717, 1.165) is 0 Å². The molecule has 0 radical (unpaired) electrons. The van der Waals surface area contributed by atoms with Gasteiger partial charge in [-0.3, -0.25) is 9.36 Å². The fourth-order valence-electron chi connectivity index (χ4n) is 0.845. The molecule has 6 heteroatoms. The van der Waals surface area contributed by atoms with Gasteiger partial charge in [-0.25, -0.2) is 0 Å². The molecule has 0 rings (SSSR count). The van der Waals surface area contributed by atoms with Crippen molar-refractivity contribution in [3.63, 3.8) is 0 Å². The molecule has 0 bridgehead atoms. The molecule has 14 heavy (non-hydrogen) atoms. The minimum atomic E-state index is -3.34. The molecule has 0 saturated carbocycles. The van der Waals surface area contributed by atoms with Gasteiger partial charge in [0.25, 0.3) is 0 Å². The van der Waals surface area contributed by atoms with Gasteiger partial charge < -0.3 is 14.2 Å². The Morgan fingerprint density at radius 3 is 2.07 bits per heavy atom. The van der Waals surface area contributed by atoms with Gasteiger partial charge in [-0.1, -0.05) is 0 Å². The van der Waals surface area contributed by atoms with Gasteiger partial charge in [0.1, 0.15) is 12.3 Å². The molecule has 0 aromatic carbocycles. The number of ketones is 1. The first kappa shape index (κ1) is 13.8. The summed E-state index contributed by atoms with van der Waals surface area (Å²) < 4.78 is 21.5. The Morgan fingerprint density at radius 2 is 1.79 bits per heavy atom. The predicted molar refractivity (Wildman–Crippen MR) is 52.4 cm³/mol. The highest BCUT2D eigenvalue weighted by Gasteiger charge is 2.29. The van der Waals surface area contributed by atoms with Crippen LogP contribution in [0.1, 0.15) is 20.8 Å². The average molecular weight is 224 g/mol. The molecule has 0 unspecified atom stereocenters. The lowest BCUT2D eigenvalue weighted by Gasteiger charge is -2.16. The van der Waals surface area contributed by atoms with Crippen LogP contribution in [-0.4, -0.2) is 36.4 Å². The quantitative estimate of drug-likeness (QED) is 0.658. The average Bonchev–Trinajstić information content (AvgIpc) is 2.04. The fraction of sp³-hybridized carbons (Fsp3) is 0.875. The van der Waals surface area contributed by atoms with E-state index in [4.69, 9.17) is 14.2 Å². The predicted octanol–water partition coefficient (Wildman–Crippen LogP) is 1.20. The molecule has 0 heterocycles. The van der Waals surface area contributed by atoms with Crippen LogP contribution in [0.5, 0.6) is 0 Å². The van der Waals surface area contributed by atoms with Gasteiger partial charge in [0.05, 0.1) is 13.2 Å². The molecule has 0 amide bonds. The van der Waals surface area contributed by atoms with Gasteiger partial charge in [-0.15, -0.1) is 0 Å². The van der Waals surface area contributed by atoms with Crippen LogP contribution in [0.25, 0.3) is 0 Å². The van der Waals surface area contributed by atoms with Crippen molar-refractivity contribution in [2.45, 2.75) is 26.9 Å². The molecule has 0 saturated heterocycles. The minimum Gasteiger partial charge on any atom is -0.386 e. The number of carbonyl (C=O) groups is 1. The number of aliphatic hydroxyl groups is 1. The highest BCUT2D eigenvalue weighted by molar-refractivity contribution is 7.54. The smallest absolute Gasteiger partial charge is 0.338 e. The van der Waals surface area contributed by atoms with Gasteiger partial charge in [0.15, 0.2) is 5.78 Å². The number of Topliss-reactive ketones (excluding diaryl/α,β-unsaturated/α-hetero) is 1. The van der Waals surface area contributed by atoms with Crippen molar-refractivity contribution in [2.75, 3.05) is 19.4 Å². The molecule has 5 nitrogen and oxygen atoms in total. The first-order valence-corrected chi connectivity index (χ1v) is 6.27. The van der Waals surface area contributed by atoms with Crippen LogP contribution < -0.4 is 0 Å². The van der Waals surface area contributed by atoms with Crippen molar-refractivity contribution in [1.29, 1.82) is 0 Å². The van der Waals surface area contributed by atoms with E-state index in [2.05, 4.69) is 0 Å². The summed E-state index contributed by atoms with van der Waals surface area (Å²) in [6.45, 7) is 5.08. The molecular weight excluding hydrogens is 207 g/mol. The first-order valence-electron chi connectivity index (χ1n) is 4.54. The second kappa shape index (κ2) is 6.30. The van der Waals surface area contributed by atoms with E-state index >= 15 is 0 Å². The SMILES string of the molecule is CCOP(=O)(CC(=O)[C@H](C)O)OCC. The minimum absolute atomic E-state index is 0.213. The first-order chi connectivity index (χ1) is 6.45. The normalized spacial score (nSPS) is 14.0. The van der Waals surface area contributed by atoms with Crippen LogP contribution in [0, 0.1) is 0 Å². The summed E-state index contributed by atoms with van der Waals surface area (Å²) in [4.78, 5) is 11.1. The number of carbonyl (C=O) groups excluding carboxylic acids is 1. The van der Waals surface area contributed by atoms with E-state index in [1.165, 1.54) is 6.92 Å². The number of hydrogen-bond donors (Lipinski definition) is 1. The van der Waals surface area contributed by atoms with Crippen LogP contribution in [0.4, 0.5) is 0 Å². The third-order valence-electron chi connectivity index (χ3n) is 1.47. The van der Waals surface area contributed by atoms with E-state index in [-0.39, 0.29) is 19.4 Å². The molecule has 1 atom stereocenters. The Hall–Kier alpha value is -0.220. The van der Waals surface area contributed by atoms with Crippen molar-refractivity contribution < 1.29 is 23.5 Å². The lowest BCUT2D eigenvalue weighted by atomic mass is 10.3. The van der Waals surface area contributed by atoms with Gasteiger partial charge in [-0.2, -0.15) is 0 Å². The van der Waals surface area contributed by atoms with Crippen LogP contribution in [0.3, 0.4) is 0 Å². The second-order valence-corrected chi connectivity index (χ2v) is 4.80. The van der Waals surface area contributed by atoms with Crippen molar-refractivity contribution in [3.8, 4) is 0 Å². The summed E-state index contributed by atoms with van der Waals surface area (Å²) >= 11 is 0. The van der Waals surface area contributed by atoms with Crippen LogP contribution in [0.15, 0.2) is 0 Å². The molecule has 0 aliphatic heterocycles. The lowest BCUT2D eigenvalue weighted by Crippen LogP contribution is -2.21. The maximum absolute atomic E-state index is 11.8. The van der Waals surface area contributed by atoms with Crippen LogP contribution in [0.2, 0.25) is 0 Å². The molecule has 84 valence electrons. The van der Waals surface area contributed by atoms with Gasteiger partial charge in [0, 0.05) is 0 Å². The fourth-order valence-corrected chi connectivity index (χ4v) is 2.53. The summed E-state index contributed by atoms with van der Waals surface area (Å²) in [5.74, 6) is -0.532. The molecule has 0 aliphatic carbocycles. The third-order valence-corrected chi connectivity index (χ3v) is 3.47. The lowest BCUT2D eigenvalue weighted by molar-refractivity contribution is -0.123. The summed E-state index contributed by atoms with van der Waals surface area (Å²) in [7, 11) is -3.34. The zero-order chi connectivity index (χ0) is 11.2. The van der Waals surface area contributed by atoms with E-state index in [0.29, 0.717) is 0 Å². The summed E-state index contributed by atoms with van der Waals surface area (Å²) in [5, 5.41) is 8.94. The molecule has 0 aromatic heterocycles. The number of aliphatic hydroxyl groups excluding tert-OH is 1. The molecule has 1 N–H and O–H groups in total. The third kappa shape index (κ3) is 4.86. The Morgan fingerprint density at radius 1 is 1.36 bits per heavy atom. The largest absolute Gasteiger partial charge is 0.386 e. The summed E-state index contributed by atoms with van der Waals surface area (Å²) in [6, 6.07) is 0. The van der Waals surface area contributed by atoms with Crippen molar-refractivity contribution in [1.82, 2.24) is 0 Å². The maximum Gasteiger partial charge on any atom is 0.338 e. The molecule has 0 aromatic rings. The molecular formula is C8H17O5P. The van der Waals surface area contributed by atoms with E-state index < -0.39 is 19.5 Å². The second-order valence-electron chi connectivity index (χ2n) is 2.75. The zero-order valence-electron chi connectivity index (χ0n) is 8.73. The highest BCUT2D eigenvalue weighted by atomic mass is 31.2. The van der Waals surface area contributed by atoms with Crippen molar-refractivity contribution >= 4 is 13.4 Å². The Balaban J connectivity index is 4.36. The Bertz CT molecular complexity index is 216. The summed E-state index contributed by atoms with van der Waals surface area (Å²) in [6.07, 6.45) is -1.50. The van der Waals surface area contributed by atoms with E-state index in [9.17, 15) is 9.36 Å². The number of hydrogen-bond acceptors (Lipinski definition) is 5. The monoisotopic (exact) mass is 224 g/mol. The zero-order valence-corrected chi connectivity index (χ0v) is 9.62. The van der Waals surface area contributed by atoms with Crippen LogP contribution >= 0.6 is 7.60 Å². The van der Waals surface area contributed by atoms with Gasteiger partial charge >= 0.3 is 7.60 Å². The highest BCUT2D eigenvalue weighted by Crippen LogP contribution is 2.47. The van der Waals surface area contributed by atoms with E-state index in [1.807, 2.05) is 0 Å². The van der Waals surface area contributed by atoms with Crippen LogP contribution in [-0.2, 0) is 18.4 Å². The summed E-state index contributed by atoms with van der Waals surface area (Å²) in [5.41, 5.74) is 0. The maximum atomic E-state index is 11.8. The topological polar surface area (TPSA) is 72.8 Å². The van der Waals surface area contributed by atoms with E-state index in [1.54, 1.807) is 13.8 Å². The standard InChI is InChI=1S/C8H17O5P/c1-4-12-14(11,13-5-2)6-8(10)7(3)9/h7,9H,4-6H2,1-3H3/t7-/m0/s1. The number of rotatable bonds is 7. The van der Waals surface area contributed by atoms with Gasteiger partial charge in [-0.05, 0) is 20.8 Å². The molecule has 0 spiro atoms. The Labute approximate surface area is 83.9 Å². The van der Waals surface area contributed by atoms with Gasteiger partial charge in [0.2, 0.25) is 0 Å².